The Kier molecular flexibility index (Phi) is 7.59. The monoisotopic (exact) mass is 479 g/mol. The molecule has 0 spiro atoms. The number of aromatic nitrogens is 3. The van der Waals surface area contributed by atoms with Crippen LogP contribution in [0, 0.1) is 0 Å². The summed E-state index contributed by atoms with van der Waals surface area (Å²) >= 11 is 1.23. The van der Waals surface area contributed by atoms with Crippen molar-refractivity contribution in [2.45, 2.75) is 24.5 Å². The van der Waals surface area contributed by atoms with Gasteiger partial charge in [0.25, 0.3) is 5.91 Å². The van der Waals surface area contributed by atoms with Gasteiger partial charge in [-0.05, 0) is 42.8 Å². The zero-order valence-corrected chi connectivity index (χ0v) is 18.4. The maximum absolute atomic E-state index is 12.6. The Balaban J connectivity index is 1.56. The van der Waals surface area contributed by atoms with Crippen LogP contribution in [0.5, 0.6) is 5.75 Å². The molecule has 0 fully saturated rings. The first-order valence-corrected chi connectivity index (χ1v) is 10.6. The number of nitrogens with one attached hydrogen (secondary N) is 2. The lowest BCUT2D eigenvalue weighted by molar-refractivity contribution is -0.274. The molecule has 1 heterocycles. The lowest BCUT2D eigenvalue weighted by Gasteiger charge is -2.16. The van der Waals surface area contributed by atoms with E-state index in [9.17, 15) is 22.8 Å². The molecule has 0 bridgehead atoms. The molecule has 0 saturated carbocycles. The van der Waals surface area contributed by atoms with Crippen LogP contribution in [0.15, 0.2) is 60.0 Å². The third-order valence-corrected chi connectivity index (χ3v) is 5.41. The van der Waals surface area contributed by atoms with Crippen molar-refractivity contribution in [1.82, 2.24) is 20.1 Å². The molecule has 12 heteroatoms. The van der Waals surface area contributed by atoms with Crippen LogP contribution in [0.4, 0.5) is 18.9 Å². The smallest absolute Gasteiger partial charge is 0.406 e. The van der Waals surface area contributed by atoms with Gasteiger partial charge in [0.2, 0.25) is 5.91 Å². The number of thioether (sulfide) groups is 1. The fourth-order valence-corrected chi connectivity index (χ4v) is 3.48. The van der Waals surface area contributed by atoms with Crippen molar-refractivity contribution in [3.8, 4) is 5.75 Å². The lowest BCUT2D eigenvalue weighted by atomic mass is 10.1. The molecule has 1 atom stereocenters. The third-order valence-electron chi connectivity index (χ3n) is 4.37. The van der Waals surface area contributed by atoms with Crippen molar-refractivity contribution >= 4 is 29.3 Å². The van der Waals surface area contributed by atoms with Crippen molar-refractivity contribution in [3.05, 3.63) is 66.0 Å². The van der Waals surface area contributed by atoms with Crippen molar-refractivity contribution < 1.29 is 27.5 Å². The van der Waals surface area contributed by atoms with Crippen LogP contribution in [-0.2, 0) is 11.8 Å². The fourth-order valence-electron chi connectivity index (χ4n) is 2.79. The van der Waals surface area contributed by atoms with E-state index < -0.39 is 18.3 Å². The maximum Gasteiger partial charge on any atom is 0.573 e. The van der Waals surface area contributed by atoms with E-state index >= 15 is 0 Å². The summed E-state index contributed by atoms with van der Waals surface area (Å²) in [4.78, 5) is 24.8. The second kappa shape index (κ2) is 10.4. The number of hydrogen-bond donors (Lipinski definition) is 2. The molecule has 0 aliphatic rings. The highest BCUT2D eigenvalue weighted by Gasteiger charge is 2.31. The molecule has 0 saturated heterocycles. The van der Waals surface area contributed by atoms with Gasteiger partial charge in [-0.2, -0.15) is 0 Å². The number of benzene rings is 2. The predicted molar refractivity (Wildman–Crippen MR) is 116 cm³/mol. The van der Waals surface area contributed by atoms with Crippen LogP contribution in [0.1, 0.15) is 28.9 Å². The van der Waals surface area contributed by atoms with Crippen molar-refractivity contribution in [2.75, 3.05) is 11.1 Å². The number of carbonyl (C=O) groups excluding carboxylic acids is 2. The first-order valence-electron chi connectivity index (χ1n) is 9.64. The van der Waals surface area contributed by atoms with Gasteiger partial charge in [0, 0.05) is 18.3 Å². The van der Waals surface area contributed by atoms with Crippen molar-refractivity contribution in [2.24, 2.45) is 7.05 Å². The minimum absolute atomic E-state index is 0.119. The molecule has 3 aromatic rings. The Labute approximate surface area is 191 Å². The van der Waals surface area contributed by atoms with Gasteiger partial charge >= 0.3 is 6.36 Å². The van der Waals surface area contributed by atoms with E-state index in [2.05, 4.69) is 25.6 Å². The van der Waals surface area contributed by atoms with Gasteiger partial charge in [-0.1, -0.05) is 30.0 Å². The topological polar surface area (TPSA) is 98.1 Å². The summed E-state index contributed by atoms with van der Waals surface area (Å²) in [5.41, 5.74) is 1.37. The largest absolute Gasteiger partial charge is 0.573 e. The van der Waals surface area contributed by atoms with E-state index in [4.69, 9.17) is 0 Å². The highest BCUT2D eigenvalue weighted by Crippen LogP contribution is 2.24. The van der Waals surface area contributed by atoms with E-state index in [-0.39, 0.29) is 17.4 Å². The molecule has 2 aromatic carbocycles. The van der Waals surface area contributed by atoms with Crippen LogP contribution in [0.3, 0.4) is 0 Å². The fraction of sp³-hybridized carbons (Fsp3) is 0.238. The van der Waals surface area contributed by atoms with E-state index in [0.29, 0.717) is 22.0 Å². The molecule has 8 nitrogen and oxygen atoms in total. The summed E-state index contributed by atoms with van der Waals surface area (Å²) in [5, 5.41) is 13.7. The first kappa shape index (κ1) is 24.1. The van der Waals surface area contributed by atoms with Crippen LogP contribution < -0.4 is 15.4 Å². The molecular formula is C21H20F3N5O3S. The number of rotatable bonds is 8. The molecule has 1 aromatic heterocycles. The zero-order chi connectivity index (χ0) is 24.0. The number of hydrogen-bond acceptors (Lipinski definition) is 6. The highest BCUT2D eigenvalue weighted by atomic mass is 32.2. The summed E-state index contributed by atoms with van der Waals surface area (Å²) in [6.07, 6.45) is -3.23. The number of aryl methyl sites for hydroxylation is 1. The molecule has 0 aliphatic carbocycles. The number of halogens is 3. The number of carbonyl (C=O) groups is 2. The van der Waals surface area contributed by atoms with Crippen LogP contribution in [0.2, 0.25) is 0 Å². The number of anilines is 1. The molecule has 2 amide bonds. The molecular weight excluding hydrogens is 459 g/mol. The summed E-state index contributed by atoms with van der Waals surface area (Å²) < 4.78 is 42.4. The first-order chi connectivity index (χ1) is 15.6. The molecule has 2 N–H and O–H groups in total. The van der Waals surface area contributed by atoms with Gasteiger partial charge < -0.3 is 19.9 Å². The SMILES string of the molecule is CC(NC(=O)c1cccc(NC(=O)CSc2nncn2C)c1)c1ccc(OC(F)(F)F)cc1. The van der Waals surface area contributed by atoms with Crippen molar-refractivity contribution in [1.29, 1.82) is 0 Å². The van der Waals surface area contributed by atoms with Gasteiger partial charge in [0.05, 0.1) is 11.8 Å². The Morgan fingerprint density at radius 3 is 2.55 bits per heavy atom. The van der Waals surface area contributed by atoms with Crippen LogP contribution in [-0.4, -0.2) is 38.7 Å². The number of ether oxygens (including phenoxy) is 1. The van der Waals surface area contributed by atoms with Crippen molar-refractivity contribution in [3.63, 3.8) is 0 Å². The number of nitrogens with zero attached hydrogens (tertiary/aromatic N) is 3. The average Bonchev–Trinajstić information content (AvgIpc) is 3.16. The van der Waals surface area contributed by atoms with Crippen LogP contribution >= 0.6 is 11.8 Å². The molecule has 0 radical (unpaired) electrons. The van der Waals surface area contributed by atoms with Gasteiger partial charge in [-0.15, -0.1) is 23.4 Å². The third kappa shape index (κ3) is 7.24. The Morgan fingerprint density at radius 1 is 1.18 bits per heavy atom. The highest BCUT2D eigenvalue weighted by molar-refractivity contribution is 7.99. The Hall–Kier alpha value is -3.54. The zero-order valence-electron chi connectivity index (χ0n) is 17.6. The van der Waals surface area contributed by atoms with Gasteiger partial charge in [0.1, 0.15) is 12.1 Å². The minimum atomic E-state index is -4.77. The Morgan fingerprint density at radius 2 is 1.91 bits per heavy atom. The normalized spacial score (nSPS) is 12.2. The van der Waals surface area contributed by atoms with E-state index in [1.165, 1.54) is 48.4 Å². The quantitative estimate of drug-likeness (QED) is 0.475. The van der Waals surface area contributed by atoms with E-state index in [0.717, 1.165) is 0 Å². The van der Waals surface area contributed by atoms with Gasteiger partial charge in [0.15, 0.2) is 5.16 Å². The second-order valence-electron chi connectivity index (χ2n) is 6.95. The van der Waals surface area contributed by atoms with E-state index in [1.54, 1.807) is 36.7 Å². The van der Waals surface area contributed by atoms with Gasteiger partial charge in [-0.3, -0.25) is 9.59 Å². The Bertz CT molecular complexity index is 1120. The number of amides is 2. The number of alkyl halides is 3. The standard InChI is InChI=1S/C21H20F3N5O3S/c1-13(14-6-8-17(9-7-14)32-21(22,23)24)26-19(31)15-4-3-5-16(10-15)27-18(30)11-33-20-28-25-12-29(20)2/h3-10,12-13H,11H2,1-2H3,(H,26,31)(H,27,30). The summed E-state index contributed by atoms with van der Waals surface area (Å²) in [5.74, 6) is -0.892. The van der Waals surface area contributed by atoms with E-state index in [1.807, 2.05) is 0 Å². The summed E-state index contributed by atoms with van der Waals surface area (Å²) in [7, 11) is 1.77. The average molecular weight is 479 g/mol. The lowest BCUT2D eigenvalue weighted by Crippen LogP contribution is -2.26. The van der Waals surface area contributed by atoms with Gasteiger partial charge in [-0.25, -0.2) is 0 Å². The van der Waals surface area contributed by atoms with Crippen LogP contribution in [0.25, 0.3) is 0 Å². The molecule has 3 rings (SSSR count). The second-order valence-corrected chi connectivity index (χ2v) is 7.90. The predicted octanol–water partition coefficient (Wildman–Crippen LogP) is 3.94. The summed E-state index contributed by atoms with van der Waals surface area (Å²) in [6, 6.07) is 11.2. The molecule has 1 unspecified atom stereocenters. The molecule has 0 aliphatic heterocycles. The maximum atomic E-state index is 12.6. The summed E-state index contributed by atoms with van der Waals surface area (Å²) in [6.45, 7) is 1.70. The molecule has 174 valence electrons. The molecule has 33 heavy (non-hydrogen) atoms. The minimum Gasteiger partial charge on any atom is -0.406 e.